The maximum atomic E-state index is 5.88. The first-order valence-corrected chi connectivity index (χ1v) is 8.16. The summed E-state index contributed by atoms with van der Waals surface area (Å²) in [6, 6.07) is 16.2. The third kappa shape index (κ3) is 4.26. The summed E-state index contributed by atoms with van der Waals surface area (Å²) in [5.74, 6) is 1.91. The maximum Gasteiger partial charge on any atom is 0.133 e. The molecule has 4 heteroatoms. The predicted molar refractivity (Wildman–Crippen MR) is 90.4 cm³/mol. The van der Waals surface area contributed by atoms with Crippen LogP contribution in [0.4, 0.5) is 0 Å². The van der Waals surface area contributed by atoms with E-state index in [1.54, 1.807) is 0 Å². The summed E-state index contributed by atoms with van der Waals surface area (Å²) >= 11 is 11.3. The van der Waals surface area contributed by atoms with E-state index >= 15 is 0 Å². The Bertz CT molecular complexity index is 531. The van der Waals surface area contributed by atoms with E-state index in [1.165, 1.54) is 5.56 Å². The van der Waals surface area contributed by atoms with Gasteiger partial charge >= 0.3 is 0 Å². The molecule has 0 saturated carbocycles. The molecule has 0 bridgehead atoms. The van der Waals surface area contributed by atoms with Gasteiger partial charge in [-0.15, -0.1) is 0 Å². The minimum Gasteiger partial charge on any atom is -0.492 e. The Labute approximate surface area is 136 Å². The molecule has 100 valence electrons. The summed E-state index contributed by atoms with van der Waals surface area (Å²) in [5, 5.41) is 0. The van der Waals surface area contributed by atoms with Gasteiger partial charge in [-0.3, -0.25) is 0 Å². The Balaban J connectivity index is 2.04. The molecule has 0 fully saturated rings. The van der Waals surface area contributed by atoms with Crippen molar-refractivity contribution < 1.29 is 4.74 Å². The average Bonchev–Trinajstić information content (AvgIpc) is 2.43. The number of rotatable bonds is 5. The Kier molecular flexibility index (Phi) is 5.79. The first-order chi connectivity index (χ1) is 9.20. The quantitative estimate of drug-likeness (QED) is 0.668. The van der Waals surface area contributed by atoms with Crippen molar-refractivity contribution in [2.24, 2.45) is 0 Å². The van der Waals surface area contributed by atoms with E-state index in [2.05, 4.69) is 56.6 Å². The zero-order chi connectivity index (χ0) is 13.7. The van der Waals surface area contributed by atoms with Gasteiger partial charge in [0.25, 0.3) is 0 Å². The highest BCUT2D eigenvalue weighted by atomic mass is 79.9. The number of benzene rings is 2. The van der Waals surface area contributed by atoms with E-state index in [0.717, 1.165) is 20.4 Å². The van der Waals surface area contributed by atoms with Crippen LogP contribution in [-0.4, -0.2) is 12.4 Å². The molecule has 0 aliphatic heterocycles. The Morgan fingerprint density at radius 3 is 2.42 bits per heavy atom. The Morgan fingerprint density at radius 1 is 1.05 bits per heavy atom. The lowest BCUT2D eigenvalue weighted by Crippen LogP contribution is -2.12. The lowest BCUT2D eigenvalue weighted by atomic mass is 10.0. The van der Waals surface area contributed by atoms with Crippen molar-refractivity contribution >= 4 is 44.5 Å². The molecule has 1 unspecified atom stereocenters. The fourth-order valence-corrected chi connectivity index (χ4v) is 3.24. The number of hydrogen-bond acceptors (Lipinski definition) is 2. The van der Waals surface area contributed by atoms with Crippen LogP contribution in [0.5, 0.6) is 5.75 Å². The highest BCUT2D eigenvalue weighted by Gasteiger charge is 2.11. The first-order valence-electron chi connectivity index (χ1n) is 5.94. The minimum absolute atomic E-state index is 0.292. The second-order valence-electron chi connectivity index (χ2n) is 4.18. The molecule has 1 nitrogen and oxygen atoms in total. The topological polar surface area (TPSA) is 9.23 Å². The van der Waals surface area contributed by atoms with Crippen molar-refractivity contribution in [2.45, 2.75) is 5.92 Å². The number of hydrogen-bond donors (Lipinski definition) is 1. The summed E-state index contributed by atoms with van der Waals surface area (Å²) in [4.78, 5) is 0. The van der Waals surface area contributed by atoms with Crippen LogP contribution in [0, 0.1) is 0 Å². The second-order valence-corrected chi connectivity index (χ2v) is 6.31. The molecule has 0 amide bonds. The number of ether oxygens (including phenoxy) is 1. The smallest absolute Gasteiger partial charge is 0.133 e. The molecule has 0 heterocycles. The summed E-state index contributed by atoms with van der Waals surface area (Å²) in [6.07, 6.45) is 0. The molecule has 0 aliphatic rings. The van der Waals surface area contributed by atoms with E-state index in [1.807, 2.05) is 36.4 Å². The van der Waals surface area contributed by atoms with Gasteiger partial charge in [0.05, 0.1) is 11.1 Å². The molecular weight excluding hydrogens is 388 g/mol. The SMILES string of the molecule is SCC(COc1ccc(Br)cc1Br)c1ccccc1. The maximum absolute atomic E-state index is 5.88. The van der Waals surface area contributed by atoms with Crippen molar-refractivity contribution in [3.63, 3.8) is 0 Å². The molecule has 0 radical (unpaired) electrons. The fraction of sp³-hybridized carbons (Fsp3) is 0.200. The summed E-state index contributed by atoms with van der Waals surface area (Å²) in [5.41, 5.74) is 1.26. The Hall–Kier alpha value is -0.450. The van der Waals surface area contributed by atoms with Crippen molar-refractivity contribution in [3.8, 4) is 5.75 Å². The van der Waals surface area contributed by atoms with Gasteiger partial charge < -0.3 is 4.74 Å². The van der Waals surface area contributed by atoms with E-state index in [9.17, 15) is 0 Å². The first kappa shape index (κ1) is 14.9. The molecule has 1 atom stereocenters. The van der Waals surface area contributed by atoms with Gasteiger partial charge in [0.2, 0.25) is 0 Å². The number of halogens is 2. The van der Waals surface area contributed by atoms with Gasteiger partial charge in [-0.1, -0.05) is 46.3 Å². The van der Waals surface area contributed by atoms with Gasteiger partial charge in [-0.2, -0.15) is 12.6 Å². The van der Waals surface area contributed by atoms with Gasteiger partial charge in [-0.05, 0) is 39.7 Å². The zero-order valence-corrected chi connectivity index (χ0v) is 14.3. The summed E-state index contributed by atoms with van der Waals surface area (Å²) in [6.45, 7) is 0.619. The van der Waals surface area contributed by atoms with Crippen LogP contribution >= 0.6 is 44.5 Å². The van der Waals surface area contributed by atoms with Gasteiger partial charge in [0, 0.05) is 16.1 Å². The largest absolute Gasteiger partial charge is 0.492 e. The van der Waals surface area contributed by atoms with Crippen molar-refractivity contribution in [1.82, 2.24) is 0 Å². The fourth-order valence-electron chi connectivity index (χ4n) is 1.76. The third-order valence-electron chi connectivity index (χ3n) is 2.83. The van der Waals surface area contributed by atoms with Crippen molar-refractivity contribution in [2.75, 3.05) is 12.4 Å². The highest BCUT2D eigenvalue weighted by molar-refractivity contribution is 9.11. The predicted octanol–water partition coefficient (Wildman–Crippen LogP) is 5.30. The molecule has 2 aromatic carbocycles. The number of thiol groups is 1. The molecule has 2 aromatic rings. The van der Waals surface area contributed by atoms with Crippen LogP contribution in [0.3, 0.4) is 0 Å². The zero-order valence-electron chi connectivity index (χ0n) is 10.2. The molecular formula is C15H14Br2OS. The van der Waals surface area contributed by atoms with E-state index in [4.69, 9.17) is 4.74 Å². The lowest BCUT2D eigenvalue weighted by molar-refractivity contribution is 0.296. The normalized spacial score (nSPS) is 12.2. The minimum atomic E-state index is 0.292. The van der Waals surface area contributed by atoms with Crippen LogP contribution in [-0.2, 0) is 0 Å². The monoisotopic (exact) mass is 400 g/mol. The molecule has 19 heavy (non-hydrogen) atoms. The lowest BCUT2D eigenvalue weighted by Gasteiger charge is -2.16. The third-order valence-corrected chi connectivity index (χ3v) is 4.38. The molecule has 0 aromatic heterocycles. The molecule has 2 rings (SSSR count). The van der Waals surface area contributed by atoms with E-state index < -0.39 is 0 Å². The van der Waals surface area contributed by atoms with Gasteiger partial charge in [0.15, 0.2) is 0 Å². The van der Waals surface area contributed by atoms with Crippen LogP contribution in [0.1, 0.15) is 11.5 Å². The van der Waals surface area contributed by atoms with Crippen LogP contribution < -0.4 is 4.74 Å². The van der Waals surface area contributed by atoms with Crippen molar-refractivity contribution in [1.29, 1.82) is 0 Å². The molecule has 0 N–H and O–H groups in total. The van der Waals surface area contributed by atoms with Crippen molar-refractivity contribution in [3.05, 3.63) is 63.0 Å². The van der Waals surface area contributed by atoms with Crippen LogP contribution in [0.25, 0.3) is 0 Å². The second kappa shape index (κ2) is 7.36. The Morgan fingerprint density at radius 2 is 1.79 bits per heavy atom. The summed E-state index contributed by atoms with van der Waals surface area (Å²) < 4.78 is 7.86. The van der Waals surface area contributed by atoms with Crippen LogP contribution in [0.15, 0.2) is 57.5 Å². The standard InChI is InChI=1S/C15H14Br2OS/c16-13-6-7-15(14(17)8-13)18-9-12(10-19)11-4-2-1-3-5-11/h1-8,12,19H,9-10H2. The molecule has 0 aliphatic carbocycles. The average molecular weight is 402 g/mol. The van der Waals surface area contributed by atoms with Gasteiger partial charge in [-0.25, -0.2) is 0 Å². The van der Waals surface area contributed by atoms with E-state index in [0.29, 0.717) is 12.5 Å². The summed E-state index contributed by atoms with van der Waals surface area (Å²) in [7, 11) is 0. The van der Waals surface area contributed by atoms with E-state index in [-0.39, 0.29) is 0 Å². The van der Waals surface area contributed by atoms with Gasteiger partial charge in [0.1, 0.15) is 5.75 Å². The molecule has 0 spiro atoms. The highest BCUT2D eigenvalue weighted by Crippen LogP contribution is 2.29. The van der Waals surface area contributed by atoms with Crippen LogP contribution in [0.2, 0.25) is 0 Å². The molecule has 0 saturated heterocycles.